The largest absolute Gasteiger partial charge is 0.369 e. The van der Waals surface area contributed by atoms with Crippen LogP contribution in [0.5, 0.6) is 0 Å². The summed E-state index contributed by atoms with van der Waals surface area (Å²) in [5, 5.41) is 3.09. The van der Waals surface area contributed by atoms with Gasteiger partial charge >= 0.3 is 0 Å². The van der Waals surface area contributed by atoms with Gasteiger partial charge in [0.1, 0.15) is 0 Å². The molecular weight excluding hydrogens is 150 g/mol. The molecule has 64 valence electrons. The van der Waals surface area contributed by atoms with Gasteiger partial charge in [-0.2, -0.15) is 0 Å². The molecule has 2 nitrogen and oxygen atoms in total. The van der Waals surface area contributed by atoms with E-state index in [0.29, 0.717) is 6.10 Å². The molecule has 0 aromatic rings. The fourth-order valence-electron chi connectivity index (χ4n) is 1.49. The monoisotopic (exact) mass is 163 g/mol. The van der Waals surface area contributed by atoms with Crippen LogP contribution in [0.3, 0.4) is 0 Å². The highest BCUT2D eigenvalue weighted by molar-refractivity contribution is 5.18. The van der Waals surface area contributed by atoms with Crippen molar-refractivity contribution >= 4 is 0 Å². The highest BCUT2D eigenvalue weighted by atomic mass is 16.5. The van der Waals surface area contributed by atoms with Crippen LogP contribution >= 0.6 is 0 Å². The van der Waals surface area contributed by atoms with Crippen molar-refractivity contribution in [2.45, 2.75) is 18.9 Å². The zero-order valence-corrected chi connectivity index (χ0v) is 6.99. The SMILES string of the molecule is C1=CCC(C2=CNC=CC2)OC1. The molecule has 0 fully saturated rings. The van der Waals surface area contributed by atoms with Crippen LogP contribution in [0.4, 0.5) is 0 Å². The molecule has 0 amide bonds. The van der Waals surface area contributed by atoms with Crippen LogP contribution in [0.25, 0.3) is 0 Å². The Morgan fingerprint density at radius 2 is 2.33 bits per heavy atom. The van der Waals surface area contributed by atoms with E-state index in [1.165, 1.54) is 5.57 Å². The number of allylic oxidation sites excluding steroid dienone is 1. The Labute approximate surface area is 72.6 Å². The fraction of sp³-hybridized carbons (Fsp3) is 0.400. The Morgan fingerprint density at radius 1 is 1.33 bits per heavy atom. The summed E-state index contributed by atoms with van der Waals surface area (Å²) in [5.74, 6) is 0. The molecule has 2 heteroatoms. The van der Waals surface area contributed by atoms with Crippen LogP contribution in [0, 0.1) is 0 Å². The third kappa shape index (κ3) is 1.59. The van der Waals surface area contributed by atoms with Gasteiger partial charge in [0.2, 0.25) is 0 Å². The maximum absolute atomic E-state index is 5.59. The van der Waals surface area contributed by atoms with Crippen molar-refractivity contribution in [2.24, 2.45) is 0 Å². The molecule has 0 aromatic heterocycles. The van der Waals surface area contributed by atoms with Gasteiger partial charge in [-0.25, -0.2) is 0 Å². The lowest BCUT2D eigenvalue weighted by Gasteiger charge is -2.22. The summed E-state index contributed by atoms with van der Waals surface area (Å²) >= 11 is 0. The molecule has 0 saturated heterocycles. The number of rotatable bonds is 1. The van der Waals surface area contributed by atoms with Crippen LogP contribution in [0.15, 0.2) is 36.2 Å². The second-order valence-electron chi connectivity index (χ2n) is 3.02. The van der Waals surface area contributed by atoms with E-state index >= 15 is 0 Å². The van der Waals surface area contributed by atoms with Gasteiger partial charge in [0, 0.05) is 6.20 Å². The summed E-state index contributed by atoms with van der Waals surface area (Å²) in [4.78, 5) is 0. The first-order chi connectivity index (χ1) is 5.97. The predicted octanol–water partition coefficient (Wildman–Crippen LogP) is 1.72. The molecule has 2 rings (SSSR count). The van der Waals surface area contributed by atoms with E-state index in [4.69, 9.17) is 4.74 Å². The predicted molar refractivity (Wildman–Crippen MR) is 48.5 cm³/mol. The normalized spacial score (nSPS) is 28.0. The van der Waals surface area contributed by atoms with E-state index in [2.05, 4.69) is 23.5 Å². The van der Waals surface area contributed by atoms with Crippen LogP contribution in [0.2, 0.25) is 0 Å². The summed E-state index contributed by atoms with van der Waals surface area (Å²) in [6.07, 6.45) is 12.7. The molecule has 2 aliphatic heterocycles. The number of dihydropyridines is 1. The van der Waals surface area contributed by atoms with E-state index in [1.54, 1.807) is 0 Å². The standard InChI is InChI=1S/C10H13NO/c1-2-7-12-10(5-1)9-4-3-6-11-8-9/h1-3,6,8,10-11H,4-5,7H2. The smallest absolute Gasteiger partial charge is 0.0843 e. The molecule has 0 radical (unpaired) electrons. The lowest BCUT2D eigenvalue weighted by Crippen LogP contribution is -2.20. The molecule has 2 aliphatic rings. The average Bonchev–Trinajstić information content (AvgIpc) is 2.21. The average molecular weight is 163 g/mol. The van der Waals surface area contributed by atoms with Crippen molar-refractivity contribution in [1.29, 1.82) is 0 Å². The molecule has 2 heterocycles. The number of ether oxygens (including phenoxy) is 1. The van der Waals surface area contributed by atoms with E-state index in [1.807, 2.05) is 12.4 Å². The minimum Gasteiger partial charge on any atom is -0.369 e. The number of hydrogen-bond donors (Lipinski definition) is 1. The Kier molecular flexibility index (Phi) is 2.28. The van der Waals surface area contributed by atoms with Crippen molar-refractivity contribution in [1.82, 2.24) is 5.32 Å². The third-order valence-corrected chi connectivity index (χ3v) is 2.16. The van der Waals surface area contributed by atoms with Crippen LogP contribution in [-0.4, -0.2) is 12.7 Å². The van der Waals surface area contributed by atoms with Crippen molar-refractivity contribution in [2.75, 3.05) is 6.61 Å². The van der Waals surface area contributed by atoms with E-state index in [0.717, 1.165) is 19.4 Å². The van der Waals surface area contributed by atoms with Gasteiger partial charge in [-0.05, 0) is 24.6 Å². The second-order valence-corrected chi connectivity index (χ2v) is 3.02. The van der Waals surface area contributed by atoms with Gasteiger partial charge in [-0.3, -0.25) is 0 Å². The van der Waals surface area contributed by atoms with Gasteiger partial charge in [-0.15, -0.1) is 0 Å². The van der Waals surface area contributed by atoms with Crippen molar-refractivity contribution < 1.29 is 4.74 Å². The molecule has 1 N–H and O–H groups in total. The highest BCUT2D eigenvalue weighted by Gasteiger charge is 2.15. The molecular formula is C10H13NO. The zero-order chi connectivity index (χ0) is 8.23. The quantitative estimate of drug-likeness (QED) is 0.594. The first kappa shape index (κ1) is 7.62. The minimum atomic E-state index is 0.299. The van der Waals surface area contributed by atoms with Crippen LogP contribution < -0.4 is 5.32 Å². The molecule has 1 atom stereocenters. The van der Waals surface area contributed by atoms with E-state index in [9.17, 15) is 0 Å². The second kappa shape index (κ2) is 3.59. The minimum absolute atomic E-state index is 0.299. The Balaban J connectivity index is 1.99. The number of nitrogens with one attached hydrogen (secondary N) is 1. The maximum atomic E-state index is 5.59. The van der Waals surface area contributed by atoms with Gasteiger partial charge in [0.25, 0.3) is 0 Å². The van der Waals surface area contributed by atoms with Crippen molar-refractivity contribution in [3.05, 3.63) is 36.2 Å². The first-order valence-electron chi connectivity index (χ1n) is 4.33. The molecule has 0 aliphatic carbocycles. The van der Waals surface area contributed by atoms with Gasteiger partial charge in [-0.1, -0.05) is 18.2 Å². The Morgan fingerprint density at radius 3 is 3.00 bits per heavy atom. The molecule has 12 heavy (non-hydrogen) atoms. The summed E-state index contributed by atoms with van der Waals surface area (Å²) < 4.78 is 5.59. The zero-order valence-electron chi connectivity index (χ0n) is 6.99. The Bertz CT molecular complexity index is 240. The lowest BCUT2D eigenvalue weighted by atomic mass is 10.0. The lowest BCUT2D eigenvalue weighted by molar-refractivity contribution is 0.0921. The maximum Gasteiger partial charge on any atom is 0.0843 e. The van der Waals surface area contributed by atoms with Crippen LogP contribution in [0.1, 0.15) is 12.8 Å². The molecule has 0 bridgehead atoms. The topological polar surface area (TPSA) is 21.3 Å². The summed E-state index contributed by atoms with van der Waals surface area (Å²) in [5.41, 5.74) is 1.35. The van der Waals surface area contributed by atoms with Gasteiger partial charge in [0.15, 0.2) is 0 Å². The third-order valence-electron chi connectivity index (χ3n) is 2.16. The molecule has 0 saturated carbocycles. The van der Waals surface area contributed by atoms with Crippen molar-refractivity contribution in [3.63, 3.8) is 0 Å². The van der Waals surface area contributed by atoms with Crippen LogP contribution in [-0.2, 0) is 4.74 Å². The van der Waals surface area contributed by atoms with Crippen molar-refractivity contribution in [3.8, 4) is 0 Å². The van der Waals surface area contributed by atoms with Gasteiger partial charge < -0.3 is 10.1 Å². The van der Waals surface area contributed by atoms with Gasteiger partial charge in [0.05, 0.1) is 12.7 Å². The van der Waals surface area contributed by atoms with E-state index in [-0.39, 0.29) is 0 Å². The molecule has 0 spiro atoms. The first-order valence-corrected chi connectivity index (χ1v) is 4.33. The van der Waals surface area contributed by atoms with E-state index < -0.39 is 0 Å². The number of hydrogen-bond acceptors (Lipinski definition) is 2. The summed E-state index contributed by atoms with van der Waals surface area (Å²) in [7, 11) is 0. The molecule has 0 aromatic carbocycles. The summed E-state index contributed by atoms with van der Waals surface area (Å²) in [6.45, 7) is 0.756. The summed E-state index contributed by atoms with van der Waals surface area (Å²) in [6, 6.07) is 0. The highest BCUT2D eigenvalue weighted by Crippen LogP contribution is 2.19. The fourth-order valence-corrected chi connectivity index (χ4v) is 1.49. The molecule has 1 unspecified atom stereocenters. The Hall–Kier alpha value is -1.02.